The average Bonchev–Trinajstić information content (AvgIpc) is 2.78. The quantitative estimate of drug-likeness (QED) is 0.413. The van der Waals surface area contributed by atoms with E-state index in [2.05, 4.69) is 19.1 Å². The highest BCUT2D eigenvalue weighted by Gasteiger charge is 2.40. The molecule has 0 aromatic carbocycles. The maximum atomic E-state index is 9.70. The molecule has 0 aromatic rings. The lowest BCUT2D eigenvalue weighted by Gasteiger charge is -2.24. The zero-order valence-electron chi connectivity index (χ0n) is 12.3. The van der Waals surface area contributed by atoms with E-state index in [-0.39, 0.29) is 13.2 Å². The van der Waals surface area contributed by atoms with Gasteiger partial charge in [0.1, 0.15) is 24.4 Å². The molecule has 4 atom stereocenters. The summed E-state index contributed by atoms with van der Waals surface area (Å²) in [6.07, 6.45) is 6.60. The van der Waals surface area contributed by atoms with Crippen LogP contribution in [0.25, 0.3) is 0 Å². The van der Waals surface area contributed by atoms with Gasteiger partial charge in [-0.05, 0) is 19.3 Å². The van der Waals surface area contributed by atoms with Crippen LogP contribution in [-0.2, 0) is 9.47 Å². The zero-order chi connectivity index (χ0) is 14.8. The molecule has 0 bridgehead atoms. The van der Waals surface area contributed by atoms with Crippen molar-refractivity contribution in [1.82, 2.24) is 0 Å². The van der Waals surface area contributed by atoms with E-state index < -0.39 is 24.4 Å². The van der Waals surface area contributed by atoms with Gasteiger partial charge in [0.05, 0.1) is 13.2 Å². The Morgan fingerprint density at radius 1 is 1.25 bits per heavy atom. The van der Waals surface area contributed by atoms with Crippen LogP contribution in [0.15, 0.2) is 12.2 Å². The Hall–Kier alpha value is -0.460. The van der Waals surface area contributed by atoms with Gasteiger partial charge in [-0.15, -0.1) is 0 Å². The van der Waals surface area contributed by atoms with Gasteiger partial charge in [-0.2, -0.15) is 0 Å². The van der Waals surface area contributed by atoms with Crippen LogP contribution in [0.4, 0.5) is 0 Å². The highest BCUT2D eigenvalue weighted by atomic mass is 16.6. The maximum Gasteiger partial charge on any atom is 0.114 e. The molecule has 20 heavy (non-hydrogen) atoms. The predicted octanol–water partition coefficient (Wildman–Crippen LogP) is 1.01. The van der Waals surface area contributed by atoms with Crippen molar-refractivity contribution in [3.8, 4) is 0 Å². The lowest BCUT2D eigenvalue weighted by atomic mass is 10.1. The first-order chi connectivity index (χ1) is 9.70. The first kappa shape index (κ1) is 17.6. The van der Waals surface area contributed by atoms with E-state index in [1.807, 2.05) is 0 Å². The summed E-state index contributed by atoms with van der Waals surface area (Å²) < 4.78 is 10.8. The molecule has 0 spiro atoms. The molecule has 0 aromatic heterocycles. The van der Waals surface area contributed by atoms with Gasteiger partial charge in [-0.1, -0.05) is 31.9 Å². The summed E-state index contributed by atoms with van der Waals surface area (Å²) in [6, 6.07) is 0. The topological polar surface area (TPSA) is 79.2 Å². The van der Waals surface area contributed by atoms with Crippen molar-refractivity contribution in [1.29, 1.82) is 0 Å². The number of hydrogen-bond acceptors (Lipinski definition) is 5. The van der Waals surface area contributed by atoms with Gasteiger partial charge in [0.2, 0.25) is 0 Å². The molecule has 5 nitrogen and oxygen atoms in total. The summed E-state index contributed by atoms with van der Waals surface area (Å²) in [5.41, 5.74) is 0. The standard InChI is InChI=1S/C15H28O5/c1-2-3-4-5-6-7-8-9-19-13(10-16)15-14(18)12(17)11-20-15/h5-6,12-18H,2-4,7-11H2,1H3/b6-5+/t12-,13+,14+,15+/m0/s1. The molecule has 1 saturated heterocycles. The fourth-order valence-electron chi connectivity index (χ4n) is 2.20. The van der Waals surface area contributed by atoms with Crippen molar-refractivity contribution in [3.05, 3.63) is 12.2 Å². The molecule has 0 radical (unpaired) electrons. The first-order valence-electron chi connectivity index (χ1n) is 7.55. The van der Waals surface area contributed by atoms with Crippen LogP contribution in [0, 0.1) is 0 Å². The van der Waals surface area contributed by atoms with Crippen molar-refractivity contribution < 1.29 is 24.8 Å². The van der Waals surface area contributed by atoms with Gasteiger partial charge < -0.3 is 24.8 Å². The molecule has 0 aliphatic carbocycles. The largest absolute Gasteiger partial charge is 0.394 e. The molecule has 1 aliphatic rings. The first-order valence-corrected chi connectivity index (χ1v) is 7.55. The van der Waals surface area contributed by atoms with Gasteiger partial charge >= 0.3 is 0 Å². The van der Waals surface area contributed by atoms with Crippen LogP contribution in [0.1, 0.15) is 39.0 Å². The molecule has 118 valence electrons. The second-order valence-corrected chi connectivity index (χ2v) is 5.20. The summed E-state index contributed by atoms with van der Waals surface area (Å²) in [4.78, 5) is 0. The van der Waals surface area contributed by atoms with Gasteiger partial charge in [0.25, 0.3) is 0 Å². The van der Waals surface area contributed by atoms with Crippen LogP contribution >= 0.6 is 0 Å². The van der Waals surface area contributed by atoms with E-state index in [1.54, 1.807) is 0 Å². The Morgan fingerprint density at radius 3 is 2.50 bits per heavy atom. The zero-order valence-corrected chi connectivity index (χ0v) is 12.3. The van der Waals surface area contributed by atoms with Crippen molar-refractivity contribution in [2.45, 2.75) is 63.4 Å². The number of rotatable bonds is 10. The molecule has 1 fully saturated rings. The fraction of sp³-hybridized carbons (Fsp3) is 0.867. The van der Waals surface area contributed by atoms with Gasteiger partial charge in [-0.25, -0.2) is 0 Å². The van der Waals surface area contributed by atoms with Crippen LogP contribution in [0.3, 0.4) is 0 Å². The number of aliphatic hydroxyl groups is 3. The van der Waals surface area contributed by atoms with Crippen molar-refractivity contribution in [2.75, 3.05) is 19.8 Å². The number of unbranched alkanes of at least 4 members (excludes halogenated alkanes) is 3. The average molecular weight is 288 g/mol. The van der Waals surface area contributed by atoms with Gasteiger partial charge in [-0.3, -0.25) is 0 Å². The van der Waals surface area contributed by atoms with E-state index in [0.29, 0.717) is 6.61 Å². The molecule has 3 N–H and O–H groups in total. The summed E-state index contributed by atoms with van der Waals surface area (Å²) in [7, 11) is 0. The molecule has 0 amide bonds. The Balaban J connectivity index is 2.14. The molecule has 5 heteroatoms. The Morgan fingerprint density at radius 2 is 1.95 bits per heavy atom. The third-order valence-corrected chi connectivity index (χ3v) is 3.47. The molecule has 1 heterocycles. The lowest BCUT2D eigenvalue weighted by molar-refractivity contribution is -0.101. The van der Waals surface area contributed by atoms with Crippen LogP contribution in [-0.4, -0.2) is 59.6 Å². The van der Waals surface area contributed by atoms with E-state index in [9.17, 15) is 15.3 Å². The predicted molar refractivity (Wildman–Crippen MR) is 76.5 cm³/mol. The second kappa shape index (κ2) is 10.3. The Kier molecular flexibility index (Phi) is 9.05. The van der Waals surface area contributed by atoms with E-state index in [1.165, 1.54) is 12.8 Å². The normalized spacial score (nSPS) is 28.3. The van der Waals surface area contributed by atoms with Crippen molar-refractivity contribution in [2.24, 2.45) is 0 Å². The summed E-state index contributed by atoms with van der Waals surface area (Å²) >= 11 is 0. The molecular formula is C15H28O5. The van der Waals surface area contributed by atoms with Crippen LogP contribution in [0.2, 0.25) is 0 Å². The summed E-state index contributed by atoms with van der Waals surface area (Å²) in [6.45, 7) is 2.55. The Labute approximate surface area is 121 Å². The molecule has 0 unspecified atom stereocenters. The minimum Gasteiger partial charge on any atom is -0.394 e. The van der Waals surface area contributed by atoms with E-state index in [4.69, 9.17) is 9.47 Å². The molecule has 0 saturated carbocycles. The SMILES string of the molecule is CCCC/C=C/CCCO[C@H](CO)[C@H]1OC[C@H](O)[C@H]1O. The second-order valence-electron chi connectivity index (χ2n) is 5.20. The highest BCUT2D eigenvalue weighted by molar-refractivity contribution is 4.88. The maximum absolute atomic E-state index is 9.70. The molecule has 1 aliphatic heterocycles. The van der Waals surface area contributed by atoms with E-state index >= 15 is 0 Å². The molecule has 1 rings (SSSR count). The highest BCUT2D eigenvalue weighted by Crippen LogP contribution is 2.19. The lowest BCUT2D eigenvalue weighted by Crippen LogP contribution is -2.42. The Bertz CT molecular complexity index is 269. The summed E-state index contributed by atoms with van der Waals surface area (Å²) in [5.74, 6) is 0. The van der Waals surface area contributed by atoms with Gasteiger partial charge in [0.15, 0.2) is 0 Å². The number of ether oxygens (including phenoxy) is 2. The summed E-state index contributed by atoms with van der Waals surface area (Å²) in [5, 5.41) is 28.4. The number of aliphatic hydroxyl groups excluding tert-OH is 3. The number of allylic oxidation sites excluding steroid dienone is 2. The third kappa shape index (κ3) is 5.89. The monoisotopic (exact) mass is 288 g/mol. The van der Waals surface area contributed by atoms with Gasteiger partial charge in [0, 0.05) is 6.61 Å². The smallest absolute Gasteiger partial charge is 0.114 e. The van der Waals surface area contributed by atoms with Crippen molar-refractivity contribution >= 4 is 0 Å². The fourth-order valence-corrected chi connectivity index (χ4v) is 2.20. The van der Waals surface area contributed by atoms with E-state index in [0.717, 1.165) is 19.3 Å². The minimum absolute atomic E-state index is 0.0891. The third-order valence-electron chi connectivity index (χ3n) is 3.47. The minimum atomic E-state index is -0.985. The van der Waals surface area contributed by atoms with Crippen LogP contribution < -0.4 is 0 Å². The van der Waals surface area contributed by atoms with Crippen molar-refractivity contribution in [3.63, 3.8) is 0 Å². The number of hydrogen-bond donors (Lipinski definition) is 3. The van der Waals surface area contributed by atoms with Crippen LogP contribution in [0.5, 0.6) is 0 Å². The molecular weight excluding hydrogens is 260 g/mol.